The Labute approximate surface area is 123 Å². The van der Waals surface area contributed by atoms with Crippen LogP contribution >= 0.6 is 0 Å². The van der Waals surface area contributed by atoms with E-state index in [1.165, 1.54) is 31.2 Å². The molecule has 0 heterocycles. The molecule has 1 aromatic rings. The largest absolute Gasteiger partial charge is 0.236 e. The molecule has 0 amide bonds. The van der Waals surface area contributed by atoms with Crippen LogP contribution in [0.1, 0.15) is 64.5 Å². The van der Waals surface area contributed by atoms with E-state index in [9.17, 15) is 0 Å². The number of hydrogen-bond donors (Lipinski definition) is 0. The molecule has 1 aliphatic rings. The molecule has 1 saturated carbocycles. The van der Waals surface area contributed by atoms with E-state index < -0.39 is 0 Å². The van der Waals surface area contributed by atoms with Crippen molar-refractivity contribution < 1.29 is 9.78 Å². The van der Waals surface area contributed by atoms with Crippen LogP contribution in [0.5, 0.6) is 0 Å². The summed E-state index contributed by atoms with van der Waals surface area (Å²) in [6, 6.07) is 10.5. The lowest BCUT2D eigenvalue weighted by molar-refractivity contribution is -0.347. The molecule has 2 heteroatoms. The predicted molar refractivity (Wildman–Crippen MR) is 82.3 cm³/mol. The second kappa shape index (κ2) is 7.24. The second-order valence-corrected chi connectivity index (χ2v) is 6.75. The molecule has 0 saturated heterocycles. The molecule has 1 aromatic carbocycles. The molecular weight excluding hydrogens is 248 g/mol. The van der Waals surface area contributed by atoms with Gasteiger partial charge in [0.25, 0.3) is 0 Å². The van der Waals surface area contributed by atoms with Crippen LogP contribution in [-0.2, 0) is 9.78 Å². The zero-order chi connectivity index (χ0) is 14.4. The van der Waals surface area contributed by atoms with Gasteiger partial charge in [-0.15, -0.1) is 0 Å². The lowest BCUT2D eigenvalue weighted by Crippen LogP contribution is -2.21. The fraction of sp³-hybridized carbons (Fsp3) is 0.667. The van der Waals surface area contributed by atoms with E-state index in [1.54, 1.807) is 0 Å². The van der Waals surface area contributed by atoms with E-state index in [1.807, 2.05) is 0 Å². The van der Waals surface area contributed by atoms with Crippen LogP contribution in [-0.4, -0.2) is 6.61 Å². The lowest BCUT2D eigenvalue weighted by Gasteiger charge is -2.26. The molecule has 2 nitrogen and oxygen atoms in total. The van der Waals surface area contributed by atoms with Gasteiger partial charge in [0.2, 0.25) is 0 Å². The third kappa shape index (κ3) is 4.32. The van der Waals surface area contributed by atoms with Gasteiger partial charge in [-0.2, -0.15) is 0 Å². The topological polar surface area (TPSA) is 18.5 Å². The van der Waals surface area contributed by atoms with Gasteiger partial charge in [-0.25, -0.2) is 9.78 Å². The molecule has 1 atom stereocenters. The van der Waals surface area contributed by atoms with Crippen LogP contribution in [0, 0.1) is 11.3 Å². The molecular formula is C18H28O2. The highest BCUT2D eigenvalue weighted by molar-refractivity contribution is 5.18. The van der Waals surface area contributed by atoms with Gasteiger partial charge in [-0.1, -0.05) is 63.9 Å². The molecule has 0 aliphatic heterocycles. The van der Waals surface area contributed by atoms with Crippen molar-refractivity contribution in [1.29, 1.82) is 0 Å². The SMILES string of the molecule is CCC(C)(C)COOC(c1ccccc1)C1CCCC1. The summed E-state index contributed by atoms with van der Waals surface area (Å²) in [5.74, 6) is 0.599. The standard InChI is InChI=1S/C18H28O2/c1-4-18(2,3)14-19-20-17(16-12-8-9-13-16)15-10-6-5-7-11-15/h5-7,10-11,16-17H,4,8-9,12-14H2,1-3H3. The molecule has 1 aliphatic carbocycles. The van der Waals surface area contributed by atoms with Gasteiger partial charge < -0.3 is 0 Å². The third-order valence-electron chi connectivity index (χ3n) is 4.53. The van der Waals surface area contributed by atoms with Crippen molar-refractivity contribution in [2.45, 2.75) is 59.0 Å². The first kappa shape index (κ1) is 15.5. The van der Waals surface area contributed by atoms with Crippen molar-refractivity contribution in [2.75, 3.05) is 6.61 Å². The Hall–Kier alpha value is -0.860. The lowest BCUT2D eigenvalue weighted by atomic mass is 9.92. The maximum Gasteiger partial charge on any atom is 0.121 e. The van der Waals surface area contributed by atoms with E-state index in [0.29, 0.717) is 12.5 Å². The fourth-order valence-electron chi connectivity index (χ4n) is 2.68. The van der Waals surface area contributed by atoms with Gasteiger partial charge in [0.15, 0.2) is 0 Å². The minimum Gasteiger partial charge on any atom is -0.236 e. The second-order valence-electron chi connectivity index (χ2n) is 6.75. The van der Waals surface area contributed by atoms with E-state index in [2.05, 4.69) is 51.1 Å². The average molecular weight is 276 g/mol. The zero-order valence-electron chi connectivity index (χ0n) is 13.1. The molecule has 0 aromatic heterocycles. The van der Waals surface area contributed by atoms with E-state index >= 15 is 0 Å². The summed E-state index contributed by atoms with van der Waals surface area (Å²) < 4.78 is 0. The monoisotopic (exact) mass is 276 g/mol. The summed E-state index contributed by atoms with van der Waals surface area (Å²) in [5, 5.41) is 0. The quantitative estimate of drug-likeness (QED) is 0.497. The summed E-state index contributed by atoms with van der Waals surface area (Å²) in [4.78, 5) is 11.5. The number of hydrogen-bond acceptors (Lipinski definition) is 2. The normalized spacial score (nSPS) is 18.4. The highest BCUT2D eigenvalue weighted by atomic mass is 17.2. The van der Waals surface area contributed by atoms with E-state index in [0.717, 1.165) is 6.42 Å². The minimum absolute atomic E-state index is 0.0892. The van der Waals surface area contributed by atoms with Gasteiger partial charge in [0.05, 0.1) is 6.61 Å². The summed E-state index contributed by atoms with van der Waals surface area (Å²) in [6.45, 7) is 7.27. The molecule has 2 rings (SSSR count). The van der Waals surface area contributed by atoms with Crippen molar-refractivity contribution >= 4 is 0 Å². The van der Waals surface area contributed by atoms with Crippen molar-refractivity contribution in [3.05, 3.63) is 35.9 Å². The molecule has 0 radical (unpaired) electrons. The maximum absolute atomic E-state index is 5.85. The van der Waals surface area contributed by atoms with Gasteiger partial charge in [0, 0.05) is 0 Å². The molecule has 20 heavy (non-hydrogen) atoms. The Balaban J connectivity index is 1.97. The van der Waals surface area contributed by atoms with Gasteiger partial charge in [-0.3, -0.25) is 0 Å². The molecule has 0 N–H and O–H groups in total. The summed E-state index contributed by atoms with van der Waals surface area (Å²) >= 11 is 0. The summed E-state index contributed by atoms with van der Waals surface area (Å²) in [7, 11) is 0. The highest BCUT2D eigenvalue weighted by Crippen LogP contribution is 2.38. The van der Waals surface area contributed by atoms with Crippen LogP contribution in [0.2, 0.25) is 0 Å². The minimum atomic E-state index is 0.0892. The van der Waals surface area contributed by atoms with Gasteiger partial charge >= 0.3 is 0 Å². The predicted octanol–water partition coefficient (Wildman–Crippen LogP) is 5.30. The van der Waals surface area contributed by atoms with Crippen molar-refractivity contribution in [1.82, 2.24) is 0 Å². The van der Waals surface area contributed by atoms with Crippen LogP contribution in [0.4, 0.5) is 0 Å². The Morgan fingerprint density at radius 3 is 2.40 bits per heavy atom. The first-order chi connectivity index (χ1) is 9.62. The van der Waals surface area contributed by atoms with Crippen molar-refractivity contribution in [3.63, 3.8) is 0 Å². The first-order valence-electron chi connectivity index (χ1n) is 7.95. The Morgan fingerprint density at radius 1 is 1.15 bits per heavy atom. The first-order valence-corrected chi connectivity index (χ1v) is 7.95. The summed E-state index contributed by atoms with van der Waals surface area (Å²) in [5.41, 5.74) is 1.42. The molecule has 112 valence electrons. The maximum atomic E-state index is 5.85. The van der Waals surface area contributed by atoms with Crippen molar-refractivity contribution in [3.8, 4) is 0 Å². The number of rotatable bonds is 7. The Bertz CT molecular complexity index is 380. The molecule has 1 fully saturated rings. The third-order valence-corrected chi connectivity index (χ3v) is 4.53. The molecule has 0 spiro atoms. The van der Waals surface area contributed by atoms with Crippen LogP contribution in [0.15, 0.2) is 30.3 Å². The zero-order valence-corrected chi connectivity index (χ0v) is 13.1. The fourth-order valence-corrected chi connectivity index (χ4v) is 2.68. The van der Waals surface area contributed by atoms with E-state index in [4.69, 9.17) is 9.78 Å². The average Bonchev–Trinajstić information content (AvgIpc) is 2.98. The van der Waals surface area contributed by atoms with Crippen LogP contribution in [0.3, 0.4) is 0 Å². The van der Waals surface area contributed by atoms with E-state index in [-0.39, 0.29) is 11.5 Å². The smallest absolute Gasteiger partial charge is 0.121 e. The molecule has 1 unspecified atom stereocenters. The number of benzene rings is 1. The molecule has 0 bridgehead atoms. The van der Waals surface area contributed by atoms with Crippen LogP contribution < -0.4 is 0 Å². The van der Waals surface area contributed by atoms with Crippen molar-refractivity contribution in [2.24, 2.45) is 11.3 Å². The van der Waals surface area contributed by atoms with Gasteiger partial charge in [0.1, 0.15) is 6.10 Å². The summed E-state index contributed by atoms with van der Waals surface area (Å²) in [6.07, 6.45) is 6.32. The van der Waals surface area contributed by atoms with Crippen LogP contribution in [0.25, 0.3) is 0 Å². The van der Waals surface area contributed by atoms with Gasteiger partial charge in [-0.05, 0) is 36.2 Å². The Morgan fingerprint density at radius 2 is 1.80 bits per heavy atom. The highest BCUT2D eigenvalue weighted by Gasteiger charge is 2.28. The Kier molecular flexibility index (Phi) is 5.62.